The highest BCUT2D eigenvalue weighted by Crippen LogP contribution is 2.09. The summed E-state index contributed by atoms with van der Waals surface area (Å²) >= 11 is 0. The van der Waals surface area contributed by atoms with Gasteiger partial charge >= 0.3 is 6.09 Å². The van der Waals surface area contributed by atoms with E-state index in [9.17, 15) is 4.79 Å². The molecule has 1 amide bonds. The summed E-state index contributed by atoms with van der Waals surface area (Å²) in [6.07, 6.45) is 4.00. The normalized spacial score (nSPS) is 13.4. The first-order chi connectivity index (χ1) is 6.89. The minimum atomic E-state index is -0.410. The average Bonchev–Trinajstić information content (AvgIpc) is 2.09. The molecule has 0 radical (unpaired) electrons. The molecule has 0 aliphatic rings. The molecular formula is C12H25NO2. The number of unbranched alkanes of at least 4 members (excludes halogenated alkanes) is 1. The Morgan fingerprint density at radius 2 is 1.93 bits per heavy atom. The van der Waals surface area contributed by atoms with Gasteiger partial charge in [0, 0.05) is 6.04 Å². The molecule has 0 saturated heterocycles. The number of nitrogens with one attached hydrogen (secondary N) is 1. The van der Waals surface area contributed by atoms with Crippen molar-refractivity contribution in [1.29, 1.82) is 0 Å². The number of carbonyl (C=O) groups is 1. The third kappa shape index (κ3) is 8.28. The molecule has 0 aliphatic carbocycles. The second-order valence-electron chi connectivity index (χ2n) is 4.89. The minimum absolute atomic E-state index is 0.250. The molecule has 0 spiro atoms. The zero-order valence-corrected chi connectivity index (χ0v) is 10.7. The third-order valence-corrected chi connectivity index (χ3v) is 2.12. The van der Waals surface area contributed by atoms with E-state index < -0.39 is 5.60 Å². The number of carbonyl (C=O) groups excluding carboxylic acids is 1. The molecule has 0 saturated carbocycles. The Bertz CT molecular complexity index is 185. The average molecular weight is 215 g/mol. The molecule has 0 aromatic heterocycles. The summed E-state index contributed by atoms with van der Waals surface area (Å²) in [5.41, 5.74) is -0.410. The lowest BCUT2D eigenvalue weighted by molar-refractivity contribution is 0.0500. The molecule has 15 heavy (non-hydrogen) atoms. The summed E-state index contributed by atoms with van der Waals surface area (Å²) in [7, 11) is 0. The first kappa shape index (κ1) is 14.3. The van der Waals surface area contributed by atoms with Crippen LogP contribution in [0.5, 0.6) is 0 Å². The lowest BCUT2D eigenvalue weighted by Gasteiger charge is -2.23. The highest BCUT2D eigenvalue weighted by Gasteiger charge is 2.18. The SMILES string of the molecule is CCCC[C@H](CC)NC(=O)OC(C)(C)C. The summed E-state index contributed by atoms with van der Waals surface area (Å²) < 4.78 is 5.20. The third-order valence-electron chi connectivity index (χ3n) is 2.12. The van der Waals surface area contributed by atoms with E-state index in [1.165, 1.54) is 0 Å². The number of ether oxygens (including phenoxy) is 1. The van der Waals surface area contributed by atoms with E-state index in [4.69, 9.17) is 4.74 Å². The van der Waals surface area contributed by atoms with E-state index in [1.54, 1.807) is 0 Å². The maximum absolute atomic E-state index is 11.5. The molecule has 1 N–H and O–H groups in total. The number of amides is 1. The topological polar surface area (TPSA) is 38.3 Å². The Morgan fingerprint density at radius 1 is 1.33 bits per heavy atom. The van der Waals surface area contributed by atoms with E-state index in [1.807, 2.05) is 20.8 Å². The fourth-order valence-electron chi connectivity index (χ4n) is 1.30. The molecule has 0 rings (SSSR count). The molecule has 3 nitrogen and oxygen atoms in total. The van der Waals surface area contributed by atoms with Gasteiger partial charge in [0.2, 0.25) is 0 Å². The molecule has 0 unspecified atom stereocenters. The monoisotopic (exact) mass is 215 g/mol. The van der Waals surface area contributed by atoms with Gasteiger partial charge in [0.15, 0.2) is 0 Å². The molecule has 0 aromatic carbocycles. The summed E-state index contributed by atoms with van der Waals surface area (Å²) in [5, 5.41) is 2.90. The van der Waals surface area contributed by atoms with Gasteiger partial charge in [-0.05, 0) is 33.6 Å². The molecule has 0 bridgehead atoms. The van der Waals surface area contributed by atoms with Crippen LogP contribution in [0.25, 0.3) is 0 Å². The van der Waals surface area contributed by atoms with Gasteiger partial charge in [-0.1, -0.05) is 26.7 Å². The number of hydrogen-bond acceptors (Lipinski definition) is 2. The first-order valence-electron chi connectivity index (χ1n) is 5.88. The van der Waals surface area contributed by atoms with Crippen LogP contribution in [0.3, 0.4) is 0 Å². The maximum atomic E-state index is 11.5. The zero-order valence-electron chi connectivity index (χ0n) is 10.7. The van der Waals surface area contributed by atoms with Crippen molar-refractivity contribution in [3.05, 3.63) is 0 Å². The van der Waals surface area contributed by atoms with Crippen LogP contribution in [0.1, 0.15) is 60.3 Å². The Hall–Kier alpha value is -0.730. The van der Waals surface area contributed by atoms with Crippen molar-refractivity contribution in [2.24, 2.45) is 0 Å². The Morgan fingerprint density at radius 3 is 2.33 bits per heavy atom. The summed E-state index contributed by atoms with van der Waals surface area (Å²) in [6, 6.07) is 0.250. The zero-order chi connectivity index (χ0) is 11.9. The van der Waals surface area contributed by atoms with Gasteiger partial charge in [0.25, 0.3) is 0 Å². The van der Waals surface area contributed by atoms with Crippen molar-refractivity contribution in [3.8, 4) is 0 Å². The predicted octanol–water partition coefficient (Wildman–Crippen LogP) is 3.48. The molecule has 0 aromatic rings. The van der Waals surface area contributed by atoms with Crippen LogP contribution in [0.4, 0.5) is 4.79 Å². The van der Waals surface area contributed by atoms with E-state index in [-0.39, 0.29) is 12.1 Å². The molecule has 0 fully saturated rings. The van der Waals surface area contributed by atoms with Crippen LogP contribution in [0.2, 0.25) is 0 Å². The van der Waals surface area contributed by atoms with E-state index in [0.29, 0.717) is 0 Å². The molecular weight excluding hydrogens is 190 g/mol. The van der Waals surface area contributed by atoms with Crippen LogP contribution in [-0.4, -0.2) is 17.7 Å². The second-order valence-corrected chi connectivity index (χ2v) is 4.89. The van der Waals surface area contributed by atoms with E-state index in [2.05, 4.69) is 19.2 Å². The minimum Gasteiger partial charge on any atom is -0.444 e. The summed E-state index contributed by atoms with van der Waals surface area (Å²) in [6.45, 7) is 9.86. The largest absolute Gasteiger partial charge is 0.444 e. The highest BCUT2D eigenvalue weighted by atomic mass is 16.6. The van der Waals surface area contributed by atoms with Gasteiger partial charge in [-0.2, -0.15) is 0 Å². The van der Waals surface area contributed by atoms with Crippen LogP contribution in [0.15, 0.2) is 0 Å². The van der Waals surface area contributed by atoms with Crippen molar-refractivity contribution in [2.75, 3.05) is 0 Å². The number of alkyl carbamates (subject to hydrolysis) is 1. The molecule has 0 heterocycles. The van der Waals surface area contributed by atoms with Crippen molar-refractivity contribution < 1.29 is 9.53 Å². The van der Waals surface area contributed by atoms with Crippen molar-refractivity contribution in [1.82, 2.24) is 5.32 Å². The van der Waals surface area contributed by atoms with E-state index in [0.717, 1.165) is 25.7 Å². The van der Waals surface area contributed by atoms with Crippen molar-refractivity contribution in [2.45, 2.75) is 71.9 Å². The van der Waals surface area contributed by atoms with Crippen molar-refractivity contribution >= 4 is 6.09 Å². The highest BCUT2D eigenvalue weighted by molar-refractivity contribution is 5.68. The van der Waals surface area contributed by atoms with Gasteiger partial charge < -0.3 is 10.1 Å². The Balaban J connectivity index is 3.91. The molecule has 0 aliphatic heterocycles. The van der Waals surface area contributed by atoms with Crippen molar-refractivity contribution in [3.63, 3.8) is 0 Å². The fraction of sp³-hybridized carbons (Fsp3) is 0.917. The summed E-state index contributed by atoms with van der Waals surface area (Å²) in [4.78, 5) is 11.5. The molecule has 3 heteroatoms. The number of hydrogen-bond donors (Lipinski definition) is 1. The molecule has 90 valence electrons. The summed E-state index contributed by atoms with van der Waals surface area (Å²) in [5.74, 6) is 0. The predicted molar refractivity (Wildman–Crippen MR) is 63.0 cm³/mol. The van der Waals surface area contributed by atoms with Gasteiger partial charge in [-0.3, -0.25) is 0 Å². The number of rotatable bonds is 5. The van der Waals surface area contributed by atoms with Crippen LogP contribution in [0, 0.1) is 0 Å². The maximum Gasteiger partial charge on any atom is 0.407 e. The second kappa shape index (κ2) is 6.70. The Labute approximate surface area is 93.6 Å². The van der Waals surface area contributed by atoms with E-state index >= 15 is 0 Å². The van der Waals surface area contributed by atoms with Gasteiger partial charge in [-0.25, -0.2) is 4.79 Å². The van der Waals surface area contributed by atoms with Crippen LogP contribution < -0.4 is 5.32 Å². The van der Waals surface area contributed by atoms with Crippen LogP contribution >= 0.6 is 0 Å². The van der Waals surface area contributed by atoms with Gasteiger partial charge in [0.1, 0.15) is 5.60 Å². The van der Waals surface area contributed by atoms with Gasteiger partial charge in [-0.15, -0.1) is 0 Å². The lowest BCUT2D eigenvalue weighted by Crippen LogP contribution is -2.38. The smallest absolute Gasteiger partial charge is 0.407 e. The fourth-order valence-corrected chi connectivity index (χ4v) is 1.30. The lowest BCUT2D eigenvalue weighted by atomic mass is 10.1. The van der Waals surface area contributed by atoms with Crippen LogP contribution in [-0.2, 0) is 4.74 Å². The standard InChI is InChI=1S/C12H25NO2/c1-6-8-9-10(7-2)13-11(14)15-12(3,4)5/h10H,6-9H2,1-5H3,(H,13,14)/t10-/m0/s1. The van der Waals surface area contributed by atoms with Gasteiger partial charge in [0.05, 0.1) is 0 Å². The first-order valence-corrected chi connectivity index (χ1v) is 5.88. The Kier molecular flexibility index (Phi) is 6.37. The molecule has 1 atom stereocenters. The quantitative estimate of drug-likeness (QED) is 0.762.